The Hall–Kier alpha value is -3.33. The first-order valence-electron chi connectivity index (χ1n) is 11.7. The van der Waals surface area contributed by atoms with Crippen LogP contribution in [-0.2, 0) is 9.53 Å². The van der Waals surface area contributed by atoms with Gasteiger partial charge in [-0.05, 0) is 56.0 Å². The van der Waals surface area contributed by atoms with Crippen molar-refractivity contribution in [1.29, 1.82) is 0 Å². The summed E-state index contributed by atoms with van der Waals surface area (Å²) < 4.78 is 5.29. The number of carbonyl (C=O) groups excluding carboxylic acids is 2. The van der Waals surface area contributed by atoms with Crippen LogP contribution in [0.15, 0.2) is 41.8 Å². The van der Waals surface area contributed by atoms with E-state index >= 15 is 0 Å². The van der Waals surface area contributed by atoms with Gasteiger partial charge in [0.15, 0.2) is 0 Å². The number of anilines is 1. The number of ether oxygens (including phenoxy) is 1. The summed E-state index contributed by atoms with van der Waals surface area (Å²) in [5.41, 5.74) is 8.99. The van der Waals surface area contributed by atoms with E-state index in [9.17, 15) is 9.59 Å². The van der Waals surface area contributed by atoms with E-state index in [0.29, 0.717) is 17.8 Å². The number of piperazine rings is 1. The molecule has 2 amide bonds. The first-order valence-corrected chi connectivity index (χ1v) is 11.7. The lowest BCUT2D eigenvalue weighted by Crippen LogP contribution is -2.45. The van der Waals surface area contributed by atoms with Gasteiger partial charge >= 0.3 is 6.09 Å². The predicted octanol–water partition coefficient (Wildman–Crippen LogP) is 2.75. The van der Waals surface area contributed by atoms with Gasteiger partial charge in [0.1, 0.15) is 5.82 Å². The van der Waals surface area contributed by atoms with Crippen LogP contribution in [0.3, 0.4) is 0 Å². The molecule has 2 heterocycles. The van der Waals surface area contributed by atoms with E-state index in [1.165, 1.54) is 6.20 Å². The number of nitrogens with zero attached hydrogens (tertiary/aromatic N) is 3. The second-order valence-electron chi connectivity index (χ2n) is 8.94. The van der Waals surface area contributed by atoms with Gasteiger partial charge in [0.2, 0.25) is 5.91 Å². The number of alkyl carbamates (subject to hydrolysis) is 1. The molecule has 1 aromatic rings. The molecule has 2 aliphatic heterocycles. The zero-order valence-corrected chi connectivity index (χ0v) is 20.5. The summed E-state index contributed by atoms with van der Waals surface area (Å²) in [5.74, 6) is 0.659. The third kappa shape index (κ3) is 5.96. The summed E-state index contributed by atoms with van der Waals surface area (Å²) >= 11 is 0. The number of hydrogen-bond donors (Lipinski definition) is 3. The lowest BCUT2D eigenvalue weighted by molar-refractivity contribution is -0.117. The predicted molar refractivity (Wildman–Crippen MR) is 135 cm³/mol. The molecule has 184 valence electrons. The van der Waals surface area contributed by atoms with E-state index < -0.39 is 6.09 Å². The second-order valence-corrected chi connectivity index (χ2v) is 8.94. The number of benzene rings is 1. The van der Waals surface area contributed by atoms with Crippen molar-refractivity contribution in [3.8, 4) is 0 Å². The quantitative estimate of drug-likeness (QED) is 0.554. The Kier molecular flexibility index (Phi) is 8.33. The van der Waals surface area contributed by atoms with E-state index in [2.05, 4.69) is 27.1 Å². The first kappa shape index (κ1) is 25.3. The van der Waals surface area contributed by atoms with Crippen LogP contribution in [-0.4, -0.2) is 61.4 Å². The summed E-state index contributed by atoms with van der Waals surface area (Å²) in [4.78, 5) is 33.2. The molecule has 0 spiro atoms. The standard InChI is InChI=1S/C25H36N6O3/c1-16(2)34-25(33)29-22-12-18(4)31(19(5)32)23-7-6-20(13-21(22)23)17(3)15-28-24(14-26)30-10-8-27-9-11-30/h6-7,13-16,18,22,27H,3,8-12,26H2,1-2,4-5H3,(H,29,33)/b24-14+,28-15-/t18-,22?/m1/s1. The fourth-order valence-corrected chi connectivity index (χ4v) is 4.41. The second kappa shape index (κ2) is 11.2. The number of nitrogens with one attached hydrogen (secondary N) is 2. The van der Waals surface area contributed by atoms with Crippen LogP contribution < -0.4 is 21.3 Å². The van der Waals surface area contributed by atoms with Crippen molar-refractivity contribution >= 4 is 29.5 Å². The molecule has 0 radical (unpaired) electrons. The van der Waals surface area contributed by atoms with Gasteiger partial charge in [0.05, 0.1) is 12.1 Å². The van der Waals surface area contributed by atoms with Gasteiger partial charge in [0.25, 0.3) is 0 Å². The number of nitrogens with two attached hydrogens (primary N) is 1. The van der Waals surface area contributed by atoms with Crippen molar-refractivity contribution in [2.24, 2.45) is 10.7 Å². The topological polar surface area (TPSA) is 112 Å². The number of amides is 2. The number of fused-ring (bicyclic) bond motifs is 1. The van der Waals surface area contributed by atoms with E-state index in [1.54, 1.807) is 31.9 Å². The number of rotatable bonds is 6. The maximum atomic E-state index is 12.4. The molecule has 9 nitrogen and oxygen atoms in total. The van der Waals surface area contributed by atoms with Crippen molar-refractivity contribution < 1.29 is 14.3 Å². The molecule has 9 heteroatoms. The Balaban J connectivity index is 1.87. The molecule has 1 fully saturated rings. The molecule has 2 atom stereocenters. The van der Waals surface area contributed by atoms with Crippen molar-refractivity contribution in [1.82, 2.24) is 15.5 Å². The van der Waals surface area contributed by atoms with Crippen LogP contribution in [0.2, 0.25) is 0 Å². The lowest BCUT2D eigenvalue weighted by Gasteiger charge is -2.39. The van der Waals surface area contributed by atoms with Gasteiger partial charge in [-0.3, -0.25) is 4.79 Å². The molecule has 2 aliphatic rings. The van der Waals surface area contributed by atoms with Crippen LogP contribution >= 0.6 is 0 Å². The monoisotopic (exact) mass is 468 g/mol. The number of carbonyl (C=O) groups is 2. The van der Waals surface area contributed by atoms with E-state index in [1.807, 2.05) is 25.1 Å². The highest BCUT2D eigenvalue weighted by molar-refractivity contribution is 6.09. The zero-order chi connectivity index (χ0) is 24.8. The Labute approximate surface area is 201 Å². The molecule has 0 bridgehead atoms. The highest BCUT2D eigenvalue weighted by atomic mass is 16.6. The zero-order valence-electron chi connectivity index (χ0n) is 20.5. The van der Waals surface area contributed by atoms with Crippen LogP contribution in [0, 0.1) is 0 Å². The minimum absolute atomic E-state index is 0.0427. The number of allylic oxidation sites excluding steroid dienone is 1. The molecular weight excluding hydrogens is 432 g/mol. The molecule has 0 saturated carbocycles. The molecule has 4 N–H and O–H groups in total. The highest BCUT2D eigenvalue weighted by Crippen LogP contribution is 2.38. The summed E-state index contributed by atoms with van der Waals surface area (Å²) in [7, 11) is 0. The van der Waals surface area contributed by atoms with Gasteiger partial charge in [-0.15, -0.1) is 0 Å². The maximum Gasteiger partial charge on any atom is 0.407 e. The van der Waals surface area contributed by atoms with Gasteiger partial charge in [-0.25, -0.2) is 9.79 Å². The third-order valence-corrected chi connectivity index (χ3v) is 5.97. The van der Waals surface area contributed by atoms with Gasteiger partial charge in [-0.1, -0.05) is 12.6 Å². The van der Waals surface area contributed by atoms with Crippen molar-refractivity contribution in [3.63, 3.8) is 0 Å². The van der Waals surface area contributed by atoms with E-state index in [-0.39, 0.29) is 24.1 Å². The lowest BCUT2D eigenvalue weighted by atomic mass is 9.89. The van der Waals surface area contributed by atoms with Crippen LogP contribution in [0.25, 0.3) is 5.57 Å². The van der Waals surface area contributed by atoms with E-state index in [0.717, 1.165) is 43.0 Å². The molecule has 0 aromatic heterocycles. The molecular formula is C25H36N6O3. The van der Waals surface area contributed by atoms with Crippen LogP contribution in [0.4, 0.5) is 10.5 Å². The van der Waals surface area contributed by atoms with Gasteiger partial charge in [-0.2, -0.15) is 0 Å². The molecule has 34 heavy (non-hydrogen) atoms. The molecule has 0 aliphatic carbocycles. The van der Waals surface area contributed by atoms with Crippen molar-refractivity contribution in [3.05, 3.63) is 47.9 Å². The smallest absolute Gasteiger partial charge is 0.407 e. The largest absolute Gasteiger partial charge is 0.447 e. The fraction of sp³-hybridized carbons (Fsp3) is 0.480. The summed E-state index contributed by atoms with van der Waals surface area (Å²) in [6, 6.07) is 5.42. The molecule has 1 unspecified atom stereocenters. The summed E-state index contributed by atoms with van der Waals surface area (Å²) in [6.07, 6.45) is 3.08. The number of aliphatic imine (C=N–C) groups is 1. The summed E-state index contributed by atoms with van der Waals surface area (Å²) in [5, 5.41) is 6.27. The molecule has 3 rings (SSSR count). The summed E-state index contributed by atoms with van der Waals surface area (Å²) in [6.45, 7) is 14.8. The van der Waals surface area contributed by atoms with Gasteiger partial charge in [0, 0.05) is 57.2 Å². The number of hydrogen-bond acceptors (Lipinski definition) is 7. The molecule has 1 aromatic carbocycles. The first-order chi connectivity index (χ1) is 16.2. The SMILES string of the molecule is C=C(/C=N\C(=C/N)N1CCNCC1)c1ccc2c(c1)C(NC(=O)OC(C)C)C[C@@H](C)N2C(C)=O. The Morgan fingerprint density at radius 2 is 2.03 bits per heavy atom. The highest BCUT2D eigenvalue weighted by Gasteiger charge is 2.33. The Bertz CT molecular complexity index is 981. The maximum absolute atomic E-state index is 12.4. The molecule has 1 saturated heterocycles. The third-order valence-electron chi connectivity index (χ3n) is 5.97. The van der Waals surface area contributed by atoms with Crippen LogP contribution in [0.5, 0.6) is 0 Å². The normalized spacial score (nSPS) is 20.9. The van der Waals surface area contributed by atoms with Crippen LogP contribution in [0.1, 0.15) is 51.3 Å². The van der Waals surface area contributed by atoms with E-state index in [4.69, 9.17) is 10.5 Å². The Morgan fingerprint density at radius 3 is 2.65 bits per heavy atom. The fourth-order valence-electron chi connectivity index (χ4n) is 4.41. The van der Waals surface area contributed by atoms with Gasteiger partial charge < -0.3 is 30.9 Å². The van der Waals surface area contributed by atoms with Crippen molar-refractivity contribution in [2.75, 3.05) is 31.1 Å². The average Bonchev–Trinajstić information content (AvgIpc) is 2.79. The Morgan fingerprint density at radius 1 is 1.32 bits per heavy atom. The average molecular weight is 469 g/mol. The minimum atomic E-state index is -0.478. The minimum Gasteiger partial charge on any atom is -0.447 e. The van der Waals surface area contributed by atoms with Crippen molar-refractivity contribution in [2.45, 2.75) is 52.3 Å².